The van der Waals surface area contributed by atoms with Crippen molar-refractivity contribution < 1.29 is 104 Å². The monoisotopic (exact) mass is 1050 g/mol. The van der Waals surface area contributed by atoms with E-state index in [9.17, 15) is 72.3 Å². The number of hydrogen-bond donors (Lipinski definition) is 9. The first-order chi connectivity index (χ1) is 31.5. The number of aliphatic hydroxyl groups excluding tert-OH is 2. The summed E-state index contributed by atoms with van der Waals surface area (Å²) in [6, 6.07) is 0. The first kappa shape index (κ1) is 64.3. The lowest BCUT2D eigenvalue weighted by atomic mass is 9.85. The molecule has 6 unspecified atom stereocenters. The van der Waals surface area contributed by atoms with Crippen LogP contribution in [0.15, 0.2) is 0 Å². The van der Waals surface area contributed by atoms with Crippen molar-refractivity contribution in [1.82, 2.24) is 0 Å². The van der Waals surface area contributed by atoms with Crippen molar-refractivity contribution in [2.24, 2.45) is 0 Å². The van der Waals surface area contributed by atoms with Crippen LogP contribution in [-0.2, 0) is 59.9 Å². The summed E-state index contributed by atoms with van der Waals surface area (Å²) in [7, 11) is -23.0. The highest BCUT2D eigenvalue weighted by atomic mass is 31.2. The number of aliphatic hydroxyl groups is 2. The summed E-state index contributed by atoms with van der Waals surface area (Å²) < 4.78 is 82.1. The molecule has 0 aromatic carbocycles. The molecular formula is C41H82O22P4. The van der Waals surface area contributed by atoms with E-state index in [1.807, 2.05) is 0 Å². The summed E-state index contributed by atoms with van der Waals surface area (Å²) in [5, 5.41) is 21.8. The minimum Gasteiger partial charge on any atom is -0.462 e. The molecule has 0 aromatic heterocycles. The second-order valence-corrected chi connectivity index (χ2v) is 22.3. The SMILES string of the molecule is CCCCCCCCCCCCCCCC(=O)OCC(COP(=O)(O)OC1C(O)C(OP(=O)(O)O)C(OP(=O)(O)O)C(OP(=O)(O)O)C1O)OC(=O)CCCCCCCCCCCCCCC. The third-order valence-electron chi connectivity index (χ3n) is 11.1. The number of hydrogen-bond acceptors (Lipinski definition) is 15. The molecule has 67 heavy (non-hydrogen) atoms. The summed E-state index contributed by atoms with van der Waals surface area (Å²) in [6.45, 7) is 2.75. The number of phosphoric ester groups is 4. The van der Waals surface area contributed by atoms with E-state index in [1.54, 1.807) is 0 Å². The van der Waals surface area contributed by atoms with E-state index in [-0.39, 0.29) is 12.8 Å². The maximum Gasteiger partial charge on any atom is 0.472 e. The zero-order valence-corrected chi connectivity index (χ0v) is 43.0. The van der Waals surface area contributed by atoms with E-state index >= 15 is 0 Å². The van der Waals surface area contributed by atoms with Crippen molar-refractivity contribution in [3.8, 4) is 0 Å². The van der Waals surface area contributed by atoms with Gasteiger partial charge in [0, 0.05) is 12.8 Å². The quantitative estimate of drug-likeness (QED) is 0.0158. The predicted octanol–water partition coefficient (Wildman–Crippen LogP) is 8.08. The molecule has 0 bridgehead atoms. The van der Waals surface area contributed by atoms with E-state index in [0.717, 1.165) is 64.2 Å². The molecule has 0 radical (unpaired) electrons. The van der Waals surface area contributed by atoms with Crippen LogP contribution in [0.4, 0.5) is 0 Å². The fraction of sp³-hybridized carbons (Fsp3) is 0.951. The van der Waals surface area contributed by atoms with Crippen LogP contribution in [0, 0.1) is 0 Å². The van der Waals surface area contributed by atoms with Gasteiger partial charge < -0.3 is 53.9 Å². The molecule has 0 heterocycles. The fourth-order valence-corrected chi connectivity index (χ4v) is 10.3. The molecule has 0 amide bonds. The van der Waals surface area contributed by atoms with E-state index in [2.05, 4.69) is 27.4 Å². The number of rotatable bonds is 42. The van der Waals surface area contributed by atoms with Crippen LogP contribution < -0.4 is 0 Å². The highest BCUT2D eigenvalue weighted by molar-refractivity contribution is 7.47. The Morgan fingerprint density at radius 2 is 0.731 bits per heavy atom. The Bertz CT molecular complexity index is 1480. The van der Waals surface area contributed by atoms with Crippen LogP contribution in [0.5, 0.6) is 0 Å². The number of ether oxygens (including phenoxy) is 2. The zero-order chi connectivity index (χ0) is 50.4. The van der Waals surface area contributed by atoms with Crippen LogP contribution in [0.3, 0.4) is 0 Å². The van der Waals surface area contributed by atoms with Crippen molar-refractivity contribution in [2.75, 3.05) is 13.2 Å². The molecule has 1 rings (SSSR count). The van der Waals surface area contributed by atoms with E-state index in [4.69, 9.17) is 18.5 Å². The molecule has 26 heteroatoms. The largest absolute Gasteiger partial charge is 0.472 e. The van der Waals surface area contributed by atoms with Crippen molar-refractivity contribution >= 4 is 43.2 Å². The molecule has 9 N–H and O–H groups in total. The van der Waals surface area contributed by atoms with Gasteiger partial charge in [-0.25, -0.2) is 18.3 Å². The number of unbranched alkanes of at least 4 members (excludes halogenated alkanes) is 24. The molecule has 0 aromatic rings. The topological polar surface area (TPSA) is 349 Å². The van der Waals surface area contributed by atoms with Crippen molar-refractivity contribution in [2.45, 2.75) is 236 Å². The summed E-state index contributed by atoms with van der Waals surface area (Å²) >= 11 is 0. The fourth-order valence-electron chi connectivity index (χ4n) is 7.67. The first-order valence-corrected chi connectivity index (χ1v) is 30.2. The van der Waals surface area contributed by atoms with Gasteiger partial charge in [0.1, 0.15) is 43.2 Å². The highest BCUT2D eigenvalue weighted by Gasteiger charge is 2.59. The Hall–Kier alpha value is -0.700. The second-order valence-electron chi connectivity index (χ2n) is 17.3. The van der Waals surface area contributed by atoms with Crippen molar-refractivity contribution in [3.63, 3.8) is 0 Å². The third-order valence-corrected chi connectivity index (χ3v) is 13.7. The third kappa shape index (κ3) is 33.6. The number of carbonyl (C=O) groups is 2. The Balaban J connectivity index is 2.91. The van der Waals surface area contributed by atoms with Gasteiger partial charge in [0.25, 0.3) is 0 Å². The maximum absolute atomic E-state index is 13.3. The van der Waals surface area contributed by atoms with Gasteiger partial charge in [0.05, 0.1) is 6.61 Å². The summed E-state index contributed by atoms with van der Waals surface area (Å²) in [6.07, 6.45) is 10.4. The van der Waals surface area contributed by atoms with Crippen molar-refractivity contribution in [3.05, 3.63) is 0 Å². The molecule has 0 saturated heterocycles. The lowest BCUT2D eigenvalue weighted by Crippen LogP contribution is -2.65. The minimum absolute atomic E-state index is 0.0414. The van der Waals surface area contributed by atoms with E-state index < -0.39 is 99.2 Å². The lowest BCUT2D eigenvalue weighted by Gasteiger charge is -2.45. The van der Waals surface area contributed by atoms with Crippen LogP contribution in [0.25, 0.3) is 0 Å². The average molecular weight is 1050 g/mol. The minimum atomic E-state index is -5.78. The lowest BCUT2D eigenvalue weighted by molar-refractivity contribution is -0.209. The normalized spacial score (nSPS) is 21.8. The molecule has 1 aliphatic carbocycles. The smallest absolute Gasteiger partial charge is 0.462 e. The molecule has 0 spiro atoms. The highest BCUT2D eigenvalue weighted by Crippen LogP contribution is 2.53. The van der Waals surface area contributed by atoms with Crippen LogP contribution >= 0.6 is 31.3 Å². The van der Waals surface area contributed by atoms with Gasteiger partial charge in [0.15, 0.2) is 6.10 Å². The Morgan fingerprint density at radius 3 is 1.07 bits per heavy atom. The standard InChI is InChI=1S/C41H82O22P4/c1-3-5-7-9-11-13-15-17-19-21-23-25-27-29-34(42)57-31-33(59-35(43)30-28-26-24-22-20-18-16-14-12-10-8-6-4-2)32-58-67(55,56)63-38-36(44)39(60-64(46,47)48)41(62-66(52,53)54)40(37(38)45)61-65(49,50)51/h33,36-41,44-45H,3-32H2,1-2H3,(H,55,56)(H2,46,47,48)(H2,49,50,51)(H2,52,53,54). The van der Waals surface area contributed by atoms with Gasteiger partial charge in [-0.3, -0.25) is 32.2 Å². The summed E-state index contributed by atoms with van der Waals surface area (Å²) in [4.78, 5) is 92.7. The Morgan fingerprint density at radius 1 is 0.418 bits per heavy atom. The predicted molar refractivity (Wildman–Crippen MR) is 245 cm³/mol. The number of phosphoric acid groups is 4. The van der Waals surface area contributed by atoms with Gasteiger partial charge in [-0.05, 0) is 12.8 Å². The molecule has 1 fully saturated rings. The van der Waals surface area contributed by atoms with Crippen LogP contribution in [0.2, 0.25) is 0 Å². The Labute approximate surface area is 396 Å². The number of carbonyl (C=O) groups excluding carboxylic acids is 2. The first-order valence-electron chi connectivity index (χ1n) is 24.1. The zero-order valence-electron chi connectivity index (χ0n) is 39.4. The van der Waals surface area contributed by atoms with Crippen LogP contribution in [0.1, 0.15) is 194 Å². The second kappa shape index (κ2) is 35.4. The molecular weight excluding hydrogens is 968 g/mol. The molecule has 0 aliphatic heterocycles. The Kier molecular flexibility index (Phi) is 34.0. The van der Waals surface area contributed by atoms with Gasteiger partial charge in [-0.1, -0.05) is 168 Å². The van der Waals surface area contributed by atoms with Gasteiger partial charge in [-0.2, -0.15) is 0 Å². The van der Waals surface area contributed by atoms with Crippen LogP contribution in [-0.4, -0.2) is 112 Å². The number of esters is 2. The van der Waals surface area contributed by atoms with E-state index in [0.29, 0.717) is 12.8 Å². The van der Waals surface area contributed by atoms with Gasteiger partial charge in [-0.15, -0.1) is 0 Å². The maximum atomic E-state index is 13.3. The molecule has 22 nitrogen and oxygen atoms in total. The van der Waals surface area contributed by atoms with Crippen molar-refractivity contribution in [1.29, 1.82) is 0 Å². The summed E-state index contributed by atoms with van der Waals surface area (Å²) in [5.74, 6) is -1.39. The summed E-state index contributed by atoms with van der Waals surface area (Å²) in [5.41, 5.74) is 0. The molecule has 1 aliphatic rings. The van der Waals surface area contributed by atoms with Gasteiger partial charge in [0.2, 0.25) is 0 Å². The average Bonchev–Trinajstić information content (AvgIpc) is 3.22. The molecule has 1 saturated carbocycles. The molecule has 6 atom stereocenters. The molecule has 398 valence electrons. The van der Waals surface area contributed by atoms with Gasteiger partial charge >= 0.3 is 43.2 Å². The van der Waals surface area contributed by atoms with E-state index in [1.165, 1.54) is 89.9 Å².